The topological polar surface area (TPSA) is 27.7 Å². The third-order valence-electron chi connectivity index (χ3n) is 3.42. The van der Waals surface area contributed by atoms with E-state index in [0.717, 1.165) is 28.4 Å². The minimum Gasteiger partial charge on any atom is -0.496 e. The highest BCUT2D eigenvalue weighted by Crippen LogP contribution is 2.49. The van der Waals surface area contributed by atoms with Crippen LogP contribution in [0.5, 0.6) is 17.2 Å². The van der Waals surface area contributed by atoms with E-state index >= 15 is 0 Å². The molecule has 0 fully saturated rings. The first-order valence-electron chi connectivity index (χ1n) is 5.60. The van der Waals surface area contributed by atoms with E-state index in [0.29, 0.717) is 6.61 Å². The molecule has 0 saturated carbocycles. The van der Waals surface area contributed by atoms with Crippen molar-refractivity contribution in [2.45, 2.75) is 19.3 Å². The maximum Gasteiger partial charge on any atom is 0.133 e. The SMILES string of the molecule is C=CC1(C)COc2cc(OC)c(C)c(OC)c21. The largest absolute Gasteiger partial charge is 0.496 e. The molecule has 1 heterocycles. The van der Waals surface area contributed by atoms with E-state index in [9.17, 15) is 0 Å². The van der Waals surface area contributed by atoms with Gasteiger partial charge in [-0.1, -0.05) is 6.08 Å². The lowest BCUT2D eigenvalue weighted by molar-refractivity contribution is 0.305. The van der Waals surface area contributed by atoms with Gasteiger partial charge in [-0.3, -0.25) is 0 Å². The smallest absolute Gasteiger partial charge is 0.133 e. The molecular formula is C14H18O3. The molecule has 1 aromatic rings. The Morgan fingerprint density at radius 1 is 1.41 bits per heavy atom. The van der Waals surface area contributed by atoms with Gasteiger partial charge in [-0.25, -0.2) is 0 Å². The monoisotopic (exact) mass is 234 g/mol. The van der Waals surface area contributed by atoms with E-state index in [1.54, 1.807) is 14.2 Å². The minimum atomic E-state index is -0.197. The predicted molar refractivity (Wildman–Crippen MR) is 67.3 cm³/mol. The first kappa shape index (κ1) is 11.8. The van der Waals surface area contributed by atoms with Crippen molar-refractivity contribution in [3.05, 3.63) is 29.8 Å². The Bertz CT molecular complexity index is 465. The maximum atomic E-state index is 5.71. The lowest BCUT2D eigenvalue weighted by Gasteiger charge is -2.21. The van der Waals surface area contributed by atoms with E-state index in [1.807, 2.05) is 19.1 Å². The van der Waals surface area contributed by atoms with Crippen molar-refractivity contribution in [3.8, 4) is 17.2 Å². The molecule has 1 atom stereocenters. The van der Waals surface area contributed by atoms with Crippen LogP contribution in [0.1, 0.15) is 18.1 Å². The fraction of sp³-hybridized carbons (Fsp3) is 0.429. The highest BCUT2D eigenvalue weighted by Gasteiger charge is 2.38. The van der Waals surface area contributed by atoms with Crippen LogP contribution < -0.4 is 14.2 Å². The average Bonchev–Trinajstić information content (AvgIpc) is 2.67. The minimum absolute atomic E-state index is 0.197. The fourth-order valence-electron chi connectivity index (χ4n) is 2.29. The molecule has 1 aromatic carbocycles. The zero-order chi connectivity index (χ0) is 12.6. The summed E-state index contributed by atoms with van der Waals surface area (Å²) >= 11 is 0. The second-order valence-electron chi connectivity index (χ2n) is 4.52. The van der Waals surface area contributed by atoms with Crippen LogP contribution in [0.2, 0.25) is 0 Å². The van der Waals surface area contributed by atoms with E-state index in [-0.39, 0.29) is 5.41 Å². The number of hydrogen-bond acceptors (Lipinski definition) is 3. The normalized spacial score (nSPS) is 21.6. The van der Waals surface area contributed by atoms with Gasteiger partial charge in [-0.15, -0.1) is 6.58 Å². The molecular weight excluding hydrogens is 216 g/mol. The lowest BCUT2D eigenvalue weighted by atomic mass is 9.83. The second-order valence-corrected chi connectivity index (χ2v) is 4.52. The van der Waals surface area contributed by atoms with Crippen molar-refractivity contribution < 1.29 is 14.2 Å². The van der Waals surface area contributed by atoms with Gasteiger partial charge in [0, 0.05) is 17.2 Å². The van der Waals surface area contributed by atoms with Gasteiger partial charge in [0.15, 0.2) is 0 Å². The predicted octanol–water partition coefficient (Wildman–Crippen LogP) is 2.85. The standard InChI is InChI=1S/C14H18O3/c1-6-14(3)8-17-11-7-10(15-4)9(2)13(16-5)12(11)14/h6-7H,1,8H2,2-5H3. The van der Waals surface area contributed by atoms with Gasteiger partial charge in [-0.05, 0) is 13.8 Å². The Balaban J connectivity index is 2.72. The molecule has 2 rings (SSSR count). The second kappa shape index (κ2) is 3.99. The van der Waals surface area contributed by atoms with Crippen molar-refractivity contribution in [2.24, 2.45) is 0 Å². The molecule has 0 aromatic heterocycles. The van der Waals surface area contributed by atoms with Gasteiger partial charge < -0.3 is 14.2 Å². The van der Waals surface area contributed by atoms with E-state index in [4.69, 9.17) is 14.2 Å². The quantitative estimate of drug-likeness (QED) is 0.753. The molecule has 0 aliphatic carbocycles. The molecule has 0 amide bonds. The Kier molecular flexibility index (Phi) is 2.77. The van der Waals surface area contributed by atoms with E-state index in [2.05, 4.69) is 13.5 Å². The molecule has 0 spiro atoms. The molecule has 0 radical (unpaired) electrons. The summed E-state index contributed by atoms with van der Waals surface area (Å²) in [6.07, 6.45) is 1.91. The average molecular weight is 234 g/mol. The third-order valence-corrected chi connectivity index (χ3v) is 3.42. The summed E-state index contributed by atoms with van der Waals surface area (Å²) in [6.45, 7) is 8.57. The summed E-state index contributed by atoms with van der Waals surface area (Å²) < 4.78 is 16.6. The highest BCUT2D eigenvalue weighted by molar-refractivity contribution is 5.62. The van der Waals surface area contributed by atoms with Crippen LogP contribution in [0, 0.1) is 6.92 Å². The van der Waals surface area contributed by atoms with Gasteiger partial charge in [0.25, 0.3) is 0 Å². The summed E-state index contributed by atoms with van der Waals surface area (Å²) in [5.41, 5.74) is 1.86. The van der Waals surface area contributed by atoms with Crippen LogP contribution >= 0.6 is 0 Å². The van der Waals surface area contributed by atoms with Crippen LogP contribution in [-0.2, 0) is 5.41 Å². The van der Waals surface area contributed by atoms with Gasteiger partial charge in [0.2, 0.25) is 0 Å². The Labute approximate surface area is 102 Å². The summed E-state index contributed by atoms with van der Waals surface area (Å²) in [5.74, 6) is 2.44. The fourth-order valence-corrected chi connectivity index (χ4v) is 2.29. The molecule has 1 aliphatic rings. The Morgan fingerprint density at radius 3 is 2.65 bits per heavy atom. The molecule has 3 heteroatoms. The molecule has 0 N–H and O–H groups in total. The van der Waals surface area contributed by atoms with Gasteiger partial charge in [-0.2, -0.15) is 0 Å². The van der Waals surface area contributed by atoms with Crippen LogP contribution in [-0.4, -0.2) is 20.8 Å². The molecule has 92 valence electrons. The zero-order valence-corrected chi connectivity index (χ0v) is 10.8. The zero-order valence-electron chi connectivity index (χ0n) is 10.8. The number of rotatable bonds is 3. The van der Waals surface area contributed by atoms with Gasteiger partial charge in [0.1, 0.15) is 23.9 Å². The van der Waals surface area contributed by atoms with E-state index < -0.39 is 0 Å². The van der Waals surface area contributed by atoms with Gasteiger partial charge in [0.05, 0.1) is 19.6 Å². The molecule has 0 saturated heterocycles. The summed E-state index contributed by atoms with van der Waals surface area (Å²) in [7, 11) is 3.32. The molecule has 0 bridgehead atoms. The van der Waals surface area contributed by atoms with Crippen LogP contribution in [0.25, 0.3) is 0 Å². The molecule has 1 aliphatic heterocycles. The summed E-state index contributed by atoms with van der Waals surface area (Å²) in [5, 5.41) is 0. The van der Waals surface area contributed by atoms with Crippen LogP contribution in [0.4, 0.5) is 0 Å². The first-order valence-corrected chi connectivity index (χ1v) is 5.60. The first-order chi connectivity index (χ1) is 8.07. The third kappa shape index (κ3) is 1.57. The lowest BCUT2D eigenvalue weighted by Crippen LogP contribution is -2.21. The molecule has 3 nitrogen and oxygen atoms in total. The van der Waals surface area contributed by atoms with Gasteiger partial charge >= 0.3 is 0 Å². The number of fused-ring (bicyclic) bond motifs is 1. The molecule has 1 unspecified atom stereocenters. The highest BCUT2D eigenvalue weighted by atomic mass is 16.5. The van der Waals surface area contributed by atoms with E-state index in [1.165, 1.54) is 0 Å². The summed E-state index contributed by atoms with van der Waals surface area (Å²) in [6, 6.07) is 1.92. The Hall–Kier alpha value is -1.64. The Morgan fingerprint density at radius 2 is 2.12 bits per heavy atom. The number of benzene rings is 1. The summed E-state index contributed by atoms with van der Waals surface area (Å²) in [4.78, 5) is 0. The van der Waals surface area contributed by atoms with Crippen molar-refractivity contribution in [1.29, 1.82) is 0 Å². The van der Waals surface area contributed by atoms with Crippen molar-refractivity contribution >= 4 is 0 Å². The maximum absolute atomic E-state index is 5.71. The van der Waals surface area contributed by atoms with Crippen molar-refractivity contribution in [2.75, 3.05) is 20.8 Å². The number of hydrogen-bond donors (Lipinski definition) is 0. The van der Waals surface area contributed by atoms with Crippen LogP contribution in [0.15, 0.2) is 18.7 Å². The van der Waals surface area contributed by atoms with Crippen molar-refractivity contribution in [1.82, 2.24) is 0 Å². The number of methoxy groups -OCH3 is 2. The van der Waals surface area contributed by atoms with Crippen molar-refractivity contribution in [3.63, 3.8) is 0 Å². The number of ether oxygens (including phenoxy) is 3. The van der Waals surface area contributed by atoms with Crippen LogP contribution in [0.3, 0.4) is 0 Å². The molecule has 17 heavy (non-hydrogen) atoms.